The van der Waals surface area contributed by atoms with Crippen LogP contribution in [0.1, 0.15) is 36.8 Å². The Bertz CT molecular complexity index is 1180. The maximum absolute atomic E-state index is 13.3. The summed E-state index contributed by atoms with van der Waals surface area (Å²) in [5, 5.41) is 1.62. The second kappa shape index (κ2) is 9.03. The molecule has 0 fully saturated rings. The molecule has 1 aliphatic carbocycles. The number of furan rings is 2. The summed E-state index contributed by atoms with van der Waals surface area (Å²) >= 11 is 6.90. The quantitative estimate of drug-likeness (QED) is 0.392. The molecule has 0 radical (unpaired) electrons. The molecule has 6 nitrogen and oxygen atoms in total. The number of rotatable bonds is 5. The van der Waals surface area contributed by atoms with E-state index in [-0.39, 0.29) is 18.6 Å². The fraction of sp³-hybridized carbons (Fsp3) is 0.208. The maximum atomic E-state index is 13.3. The van der Waals surface area contributed by atoms with Crippen LogP contribution in [-0.4, -0.2) is 17.5 Å². The molecule has 1 aromatic carbocycles. The summed E-state index contributed by atoms with van der Waals surface area (Å²) in [5.74, 6) is 1.93. The molecule has 0 spiro atoms. The average molecular weight is 560 g/mol. The van der Waals surface area contributed by atoms with Crippen molar-refractivity contribution in [1.82, 2.24) is 10.4 Å². The topological polar surface area (TPSA) is 67.8 Å². The van der Waals surface area contributed by atoms with Crippen LogP contribution in [0.2, 0.25) is 0 Å². The largest absolute Gasteiger partial charge is 0.483 e. The molecule has 1 N–H and O–H groups in total. The Morgan fingerprint density at radius 1 is 1.16 bits per heavy atom. The Labute approximate surface area is 202 Å². The van der Waals surface area contributed by atoms with E-state index in [0.717, 1.165) is 56.6 Å². The molecule has 3 aromatic rings. The standard InChI is InChI=1S/C24H20Br2N2O4/c25-16-8-9-20(19(26)13-16)32-14-22(29)28-24(21-7-3-11-31-21)18-6-1-4-15(23(18)27-28)12-17-5-2-10-30-17/h2-3,5,7-13,24,27H,1,4,6,14H2/b15-12+/t24-/m0/s1. The summed E-state index contributed by atoms with van der Waals surface area (Å²) in [6.07, 6.45) is 8.10. The van der Waals surface area contributed by atoms with Crippen molar-refractivity contribution in [1.29, 1.82) is 0 Å². The van der Waals surface area contributed by atoms with Gasteiger partial charge in [-0.3, -0.25) is 10.2 Å². The highest BCUT2D eigenvalue weighted by Gasteiger charge is 2.40. The van der Waals surface area contributed by atoms with Gasteiger partial charge in [-0.05, 0) is 94.9 Å². The van der Waals surface area contributed by atoms with Crippen LogP contribution >= 0.6 is 31.9 Å². The zero-order chi connectivity index (χ0) is 22.1. The van der Waals surface area contributed by atoms with Gasteiger partial charge in [0.2, 0.25) is 0 Å². The molecular formula is C24H20Br2N2O4. The third-order valence-corrected chi connectivity index (χ3v) is 6.65. The Kier molecular flexibility index (Phi) is 5.97. The lowest BCUT2D eigenvalue weighted by Gasteiger charge is -2.25. The van der Waals surface area contributed by atoms with Gasteiger partial charge in [-0.1, -0.05) is 15.9 Å². The van der Waals surface area contributed by atoms with Crippen LogP contribution in [0.3, 0.4) is 0 Å². The number of amides is 1. The van der Waals surface area contributed by atoms with Crippen molar-refractivity contribution in [3.8, 4) is 5.75 Å². The van der Waals surface area contributed by atoms with E-state index in [0.29, 0.717) is 5.75 Å². The number of hydrogen-bond donors (Lipinski definition) is 1. The van der Waals surface area contributed by atoms with E-state index in [9.17, 15) is 4.79 Å². The normalized spacial score (nSPS) is 19.2. The van der Waals surface area contributed by atoms with Gasteiger partial charge in [-0.2, -0.15) is 0 Å². The van der Waals surface area contributed by atoms with E-state index >= 15 is 0 Å². The Balaban J connectivity index is 1.42. The van der Waals surface area contributed by atoms with Crippen molar-refractivity contribution in [2.45, 2.75) is 25.3 Å². The monoisotopic (exact) mass is 558 g/mol. The Morgan fingerprint density at radius 3 is 2.75 bits per heavy atom. The van der Waals surface area contributed by atoms with Crippen LogP contribution in [0.5, 0.6) is 5.75 Å². The van der Waals surface area contributed by atoms with E-state index in [1.165, 1.54) is 0 Å². The summed E-state index contributed by atoms with van der Waals surface area (Å²) in [6.45, 7) is -0.109. The number of hydrogen-bond acceptors (Lipinski definition) is 5. The Morgan fingerprint density at radius 2 is 2.00 bits per heavy atom. The van der Waals surface area contributed by atoms with Crippen LogP contribution in [0.15, 0.2) is 89.6 Å². The number of carbonyl (C=O) groups is 1. The molecule has 8 heteroatoms. The molecule has 2 aliphatic rings. The van der Waals surface area contributed by atoms with Gasteiger partial charge in [0.05, 0.1) is 22.7 Å². The maximum Gasteiger partial charge on any atom is 0.279 e. The zero-order valence-electron chi connectivity index (χ0n) is 17.0. The summed E-state index contributed by atoms with van der Waals surface area (Å²) in [7, 11) is 0. The molecule has 0 bridgehead atoms. The number of benzene rings is 1. The van der Waals surface area contributed by atoms with Crippen molar-refractivity contribution < 1.29 is 18.4 Å². The molecule has 0 saturated carbocycles. The van der Waals surface area contributed by atoms with Gasteiger partial charge >= 0.3 is 0 Å². The lowest BCUT2D eigenvalue weighted by molar-refractivity contribution is -0.137. The van der Waals surface area contributed by atoms with Gasteiger partial charge in [-0.25, -0.2) is 5.01 Å². The third kappa shape index (κ3) is 4.17. The van der Waals surface area contributed by atoms with Gasteiger partial charge in [0.25, 0.3) is 5.91 Å². The average Bonchev–Trinajstić information content (AvgIpc) is 3.53. The number of ether oxygens (including phenoxy) is 1. The van der Waals surface area contributed by atoms with Crippen molar-refractivity contribution >= 4 is 43.8 Å². The molecule has 0 saturated heterocycles. The van der Waals surface area contributed by atoms with Crippen molar-refractivity contribution in [2.75, 3.05) is 6.61 Å². The van der Waals surface area contributed by atoms with Crippen LogP contribution in [0.25, 0.3) is 6.08 Å². The van der Waals surface area contributed by atoms with E-state index in [1.807, 2.05) is 48.5 Å². The van der Waals surface area contributed by atoms with E-state index in [2.05, 4.69) is 37.3 Å². The fourth-order valence-corrected chi connectivity index (χ4v) is 5.29. The van der Waals surface area contributed by atoms with Crippen molar-refractivity contribution in [2.24, 2.45) is 0 Å². The summed E-state index contributed by atoms with van der Waals surface area (Å²) in [6, 6.07) is 12.8. The second-order valence-corrected chi connectivity index (χ2v) is 9.37. The molecule has 0 unspecified atom stereocenters. The van der Waals surface area contributed by atoms with Crippen LogP contribution in [0, 0.1) is 0 Å². The highest BCUT2D eigenvalue weighted by molar-refractivity contribution is 9.11. The Hall–Kier alpha value is -2.71. The van der Waals surface area contributed by atoms with E-state index in [4.69, 9.17) is 13.6 Å². The first kappa shape index (κ1) is 21.2. The minimum Gasteiger partial charge on any atom is -0.483 e. The van der Waals surface area contributed by atoms with E-state index < -0.39 is 0 Å². The molecule has 1 atom stereocenters. The van der Waals surface area contributed by atoms with Gasteiger partial charge in [-0.15, -0.1) is 0 Å². The number of hydrazine groups is 1. The number of halogens is 2. The molecule has 164 valence electrons. The smallest absolute Gasteiger partial charge is 0.279 e. The van der Waals surface area contributed by atoms with E-state index in [1.54, 1.807) is 17.5 Å². The lowest BCUT2D eigenvalue weighted by Crippen LogP contribution is -2.42. The number of nitrogens with one attached hydrogen (secondary N) is 1. The predicted octanol–water partition coefficient (Wildman–Crippen LogP) is 6.39. The van der Waals surface area contributed by atoms with Gasteiger partial charge < -0.3 is 13.6 Å². The second-order valence-electron chi connectivity index (χ2n) is 7.60. The number of carbonyl (C=O) groups excluding carboxylic acids is 1. The van der Waals surface area contributed by atoms with Gasteiger partial charge in [0.15, 0.2) is 6.61 Å². The van der Waals surface area contributed by atoms with Gasteiger partial charge in [0.1, 0.15) is 23.3 Å². The number of nitrogens with zero attached hydrogens (tertiary/aromatic N) is 1. The molecule has 2 aromatic heterocycles. The third-order valence-electron chi connectivity index (χ3n) is 5.54. The van der Waals surface area contributed by atoms with Crippen molar-refractivity contribution in [3.63, 3.8) is 0 Å². The number of allylic oxidation sites excluding steroid dienone is 1. The highest BCUT2D eigenvalue weighted by atomic mass is 79.9. The van der Waals surface area contributed by atoms with Crippen LogP contribution in [0.4, 0.5) is 0 Å². The molecule has 1 amide bonds. The highest BCUT2D eigenvalue weighted by Crippen LogP contribution is 2.44. The first-order valence-corrected chi connectivity index (χ1v) is 11.9. The minimum absolute atomic E-state index is 0.109. The molecule has 5 rings (SSSR count). The lowest BCUT2D eigenvalue weighted by atomic mass is 9.88. The first-order chi connectivity index (χ1) is 15.6. The molecular weight excluding hydrogens is 540 g/mol. The molecule has 3 heterocycles. The molecule has 32 heavy (non-hydrogen) atoms. The SMILES string of the molecule is O=C(COc1ccc(Br)cc1Br)N1NC2=C(CCC/C2=C\c2ccco2)[C@H]1c1ccco1. The molecule has 1 aliphatic heterocycles. The summed E-state index contributed by atoms with van der Waals surface area (Å²) in [4.78, 5) is 13.3. The summed E-state index contributed by atoms with van der Waals surface area (Å²) < 4.78 is 18.8. The predicted molar refractivity (Wildman–Crippen MR) is 126 cm³/mol. The minimum atomic E-state index is -0.315. The van der Waals surface area contributed by atoms with Crippen LogP contribution in [-0.2, 0) is 4.79 Å². The van der Waals surface area contributed by atoms with Gasteiger partial charge in [0, 0.05) is 4.47 Å². The fourth-order valence-electron chi connectivity index (χ4n) is 4.13. The zero-order valence-corrected chi connectivity index (χ0v) is 20.2. The van der Waals surface area contributed by atoms with Crippen molar-refractivity contribution in [3.05, 3.63) is 92.3 Å². The first-order valence-electron chi connectivity index (χ1n) is 10.3. The van der Waals surface area contributed by atoms with Crippen LogP contribution < -0.4 is 10.2 Å². The summed E-state index contributed by atoms with van der Waals surface area (Å²) in [5.41, 5.74) is 6.57.